The second-order valence-electron chi connectivity index (χ2n) is 11.0. The second-order valence-corrected chi connectivity index (χ2v) is 11.8. The summed E-state index contributed by atoms with van der Waals surface area (Å²) in [5, 5.41) is 27.6. The maximum Gasteiger partial charge on any atom is 0.357 e. The molecule has 16 heteroatoms. The van der Waals surface area contributed by atoms with Crippen LogP contribution in [0, 0.1) is 0 Å². The molecule has 14 nitrogen and oxygen atoms in total. The van der Waals surface area contributed by atoms with E-state index in [1.54, 1.807) is 111 Å². The van der Waals surface area contributed by atoms with Gasteiger partial charge in [0.2, 0.25) is 12.1 Å². The van der Waals surface area contributed by atoms with Gasteiger partial charge in [-0.3, -0.25) is 9.59 Å². The molecule has 2 aliphatic heterocycles. The van der Waals surface area contributed by atoms with Crippen molar-refractivity contribution in [3.05, 3.63) is 107 Å². The molecule has 0 unspecified atom stereocenters. The predicted octanol–water partition coefficient (Wildman–Crippen LogP) is 7.50. The molecule has 2 heterocycles. The van der Waals surface area contributed by atoms with E-state index < -0.39 is 35.8 Å². The Kier molecular flexibility index (Phi) is 10.9. The summed E-state index contributed by atoms with van der Waals surface area (Å²) in [4.78, 5) is 51.8. The van der Waals surface area contributed by atoms with Crippen molar-refractivity contribution in [2.75, 3.05) is 23.2 Å². The number of nitrogens with zero attached hydrogens (tertiary/aromatic N) is 8. The zero-order chi connectivity index (χ0) is 36.8. The van der Waals surface area contributed by atoms with E-state index in [1.807, 2.05) is 0 Å². The number of para-hydroxylation sites is 2. The second kappa shape index (κ2) is 15.8. The van der Waals surface area contributed by atoms with Gasteiger partial charge < -0.3 is 9.47 Å². The molecule has 2 amide bonds. The molecule has 2 aliphatic rings. The summed E-state index contributed by atoms with van der Waals surface area (Å²) < 4.78 is 10.2. The van der Waals surface area contributed by atoms with Crippen molar-refractivity contribution in [3.63, 3.8) is 0 Å². The van der Waals surface area contributed by atoms with Crippen LogP contribution in [0.25, 0.3) is 11.1 Å². The van der Waals surface area contributed by atoms with Gasteiger partial charge in [0.25, 0.3) is 11.8 Å². The molecular formula is C36H28Cl2N8O6. The van der Waals surface area contributed by atoms with Gasteiger partial charge in [0.05, 0.1) is 34.6 Å². The smallest absolute Gasteiger partial charge is 0.357 e. The Morgan fingerprint density at radius 2 is 1.02 bits per heavy atom. The van der Waals surface area contributed by atoms with Gasteiger partial charge in [-0.1, -0.05) is 71.7 Å². The molecule has 0 saturated heterocycles. The number of carbonyl (C=O) groups is 4. The highest BCUT2D eigenvalue weighted by Gasteiger charge is 2.43. The van der Waals surface area contributed by atoms with E-state index in [0.717, 1.165) is 10.0 Å². The van der Waals surface area contributed by atoms with Gasteiger partial charge in [0, 0.05) is 0 Å². The fraction of sp³-hybridized carbons (Fsp3) is 0.167. The number of benzene rings is 4. The maximum absolute atomic E-state index is 13.3. The fourth-order valence-corrected chi connectivity index (χ4v) is 5.53. The van der Waals surface area contributed by atoms with Crippen LogP contribution in [0.15, 0.2) is 128 Å². The molecule has 52 heavy (non-hydrogen) atoms. The maximum atomic E-state index is 13.3. The summed E-state index contributed by atoms with van der Waals surface area (Å²) in [6.07, 6.45) is 0. The number of anilines is 2. The zero-order valence-corrected chi connectivity index (χ0v) is 29.1. The number of halogens is 2. The van der Waals surface area contributed by atoms with Crippen LogP contribution >= 0.6 is 23.2 Å². The lowest BCUT2D eigenvalue weighted by molar-refractivity contribution is -0.136. The van der Waals surface area contributed by atoms with Crippen LogP contribution in [0.5, 0.6) is 0 Å². The Hall–Kier alpha value is -6.12. The highest BCUT2D eigenvalue weighted by molar-refractivity contribution is 6.46. The van der Waals surface area contributed by atoms with Crippen molar-refractivity contribution in [2.24, 2.45) is 30.7 Å². The molecule has 0 aliphatic carbocycles. The first kappa shape index (κ1) is 35.7. The molecule has 0 spiro atoms. The third-order valence-corrected chi connectivity index (χ3v) is 8.19. The molecule has 4 aromatic carbocycles. The summed E-state index contributed by atoms with van der Waals surface area (Å²) in [6.45, 7) is 3.45. The number of esters is 2. The average Bonchev–Trinajstić information content (AvgIpc) is 3.67. The average molecular weight is 740 g/mol. The van der Waals surface area contributed by atoms with E-state index in [2.05, 4.69) is 30.7 Å². The van der Waals surface area contributed by atoms with E-state index in [4.69, 9.17) is 32.7 Å². The minimum Gasteiger partial charge on any atom is -0.461 e. The molecule has 0 aromatic heterocycles. The van der Waals surface area contributed by atoms with E-state index in [-0.39, 0.29) is 46.1 Å². The number of hydrazone groups is 2. The largest absolute Gasteiger partial charge is 0.461 e. The van der Waals surface area contributed by atoms with Gasteiger partial charge in [-0.15, -0.1) is 0 Å². The molecule has 6 rings (SSSR count). The number of azo groups is 2. The van der Waals surface area contributed by atoms with Crippen molar-refractivity contribution in [3.8, 4) is 11.1 Å². The van der Waals surface area contributed by atoms with Crippen LogP contribution in [0.1, 0.15) is 13.8 Å². The molecule has 0 N–H and O–H groups in total. The number of ether oxygens (including phenoxy) is 2. The van der Waals surface area contributed by atoms with Crippen LogP contribution in [-0.2, 0) is 28.7 Å². The monoisotopic (exact) mass is 738 g/mol. The molecule has 2 atom stereocenters. The highest BCUT2D eigenvalue weighted by Crippen LogP contribution is 2.36. The van der Waals surface area contributed by atoms with Gasteiger partial charge in [-0.05, 0) is 73.5 Å². The topological polar surface area (TPSA) is 167 Å². The van der Waals surface area contributed by atoms with Gasteiger partial charge in [0.15, 0.2) is 11.4 Å². The number of rotatable bonds is 11. The molecule has 4 aromatic rings. The van der Waals surface area contributed by atoms with Crippen LogP contribution in [-0.4, -0.2) is 60.5 Å². The minimum absolute atomic E-state index is 0.0846. The summed E-state index contributed by atoms with van der Waals surface area (Å²) in [7, 11) is 0. The van der Waals surface area contributed by atoms with Gasteiger partial charge in [0.1, 0.15) is 11.4 Å². The van der Waals surface area contributed by atoms with E-state index in [9.17, 15) is 19.2 Å². The quantitative estimate of drug-likeness (QED) is 0.114. The molecular weight excluding hydrogens is 711 g/mol. The predicted molar refractivity (Wildman–Crippen MR) is 194 cm³/mol. The lowest BCUT2D eigenvalue weighted by Crippen LogP contribution is -2.33. The summed E-state index contributed by atoms with van der Waals surface area (Å²) in [5.41, 5.74) is 2.31. The third kappa shape index (κ3) is 7.48. The Morgan fingerprint density at radius 3 is 1.37 bits per heavy atom. The van der Waals surface area contributed by atoms with Crippen LogP contribution in [0.4, 0.5) is 22.7 Å². The summed E-state index contributed by atoms with van der Waals surface area (Å²) in [6, 6.07) is 24.4. The van der Waals surface area contributed by atoms with E-state index in [1.165, 1.54) is 0 Å². The van der Waals surface area contributed by atoms with E-state index in [0.29, 0.717) is 22.5 Å². The minimum atomic E-state index is -1.34. The number of hydrogen-bond acceptors (Lipinski definition) is 12. The van der Waals surface area contributed by atoms with Crippen LogP contribution in [0.2, 0.25) is 10.0 Å². The number of amides is 2. The fourth-order valence-electron chi connectivity index (χ4n) is 5.10. The Bertz CT molecular complexity index is 2010. The van der Waals surface area contributed by atoms with Gasteiger partial charge in [-0.2, -0.15) is 40.7 Å². The number of carbonyl (C=O) groups excluding carboxylic acids is 4. The molecule has 0 fully saturated rings. The van der Waals surface area contributed by atoms with Gasteiger partial charge >= 0.3 is 11.9 Å². The first-order valence-corrected chi connectivity index (χ1v) is 16.7. The first-order valence-electron chi connectivity index (χ1n) is 15.9. The third-order valence-electron chi connectivity index (χ3n) is 7.58. The Morgan fingerprint density at radius 1 is 0.635 bits per heavy atom. The van der Waals surface area contributed by atoms with Crippen molar-refractivity contribution >= 4 is 81.1 Å². The van der Waals surface area contributed by atoms with E-state index >= 15 is 0 Å². The number of hydrogen-bond donors (Lipinski definition) is 0. The Balaban J connectivity index is 1.19. The lowest BCUT2D eigenvalue weighted by atomic mass is 10.0. The summed E-state index contributed by atoms with van der Waals surface area (Å²) in [5.74, 6) is -2.71. The van der Waals surface area contributed by atoms with Gasteiger partial charge in [-0.25, -0.2) is 9.59 Å². The van der Waals surface area contributed by atoms with Crippen molar-refractivity contribution in [1.82, 2.24) is 0 Å². The molecule has 262 valence electrons. The molecule has 0 bridgehead atoms. The van der Waals surface area contributed by atoms with Crippen LogP contribution in [0.3, 0.4) is 0 Å². The normalized spacial score (nSPS) is 17.2. The molecule has 0 radical (unpaired) electrons. The van der Waals surface area contributed by atoms with Crippen molar-refractivity contribution in [2.45, 2.75) is 25.9 Å². The first-order chi connectivity index (χ1) is 25.2. The molecule has 0 saturated carbocycles. The zero-order valence-electron chi connectivity index (χ0n) is 27.6. The summed E-state index contributed by atoms with van der Waals surface area (Å²) >= 11 is 13.2. The van der Waals surface area contributed by atoms with Crippen molar-refractivity contribution in [1.29, 1.82) is 0 Å². The highest BCUT2D eigenvalue weighted by atomic mass is 35.5. The standard InChI is InChI=1S/C36H28Cl2N8O6/c1-3-51-35(49)31-29(33(47)45(43-31)23-11-7-5-8-12-23)41-39-27-17-15-21(19-25(27)37)22-16-18-28(26(38)20-22)40-42-30-32(36(50)52-4-2)44-46(34(30)48)24-13-9-6-10-14-24/h5-20,29-30H,3-4H2,1-2H3/t29-,30+. The van der Waals surface area contributed by atoms with Crippen LogP contribution < -0.4 is 10.0 Å². The van der Waals surface area contributed by atoms with Crippen molar-refractivity contribution < 1.29 is 28.7 Å². The Labute approximate surface area is 307 Å². The lowest BCUT2D eigenvalue weighted by Gasteiger charge is -2.12. The SMILES string of the molecule is CCOC(=O)C1=NN(c2ccccc2)C(=O)[C@H]1N=Nc1ccc(-c2ccc(N=N[C@H]3C(=O)N(c4ccccc4)N=C3C(=O)OCC)c(Cl)c2)cc1Cl.